The smallest absolute Gasteiger partial charge is 0.0438 e. The first-order valence-electron chi connectivity index (χ1n) is 5.35. The van der Waals surface area contributed by atoms with Crippen molar-refractivity contribution in [3.8, 4) is 0 Å². The summed E-state index contributed by atoms with van der Waals surface area (Å²) in [6.07, 6.45) is 6.36. The van der Waals surface area contributed by atoms with Gasteiger partial charge in [0.15, 0.2) is 0 Å². The van der Waals surface area contributed by atoms with Crippen molar-refractivity contribution in [1.82, 2.24) is 5.32 Å². The topological polar surface area (TPSA) is 32.3 Å². The van der Waals surface area contributed by atoms with Gasteiger partial charge in [0.2, 0.25) is 0 Å². The van der Waals surface area contributed by atoms with Crippen LogP contribution in [0.15, 0.2) is 0 Å². The van der Waals surface area contributed by atoms with E-state index in [1.54, 1.807) is 0 Å². The molecule has 78 valence electrons. The molecule has 2 N–H and O–H groups in total. The molecule has 0 aromatic carbocycles. The lowest BCUT2D eigenvalue weighted by Crippen LogP contribution is -2.21. The highest BCUT2D eigenvalue weighted by Gasteiger charge is 2.12. The molecule has 1 rings (SSSR count). The average molecular weight is 203 g/mol. The van der Waals surface area contributed by atoms with Crippen LogP contribution >= 0.6 is 11.8 Å². The van der Waals surface area contributed by atoms with Gasteiger partial charge in [0.25, 0.3) is 0 Å². The second kappa shape index (κ2) is 7.65. The third-order valence-electron chi connectivity index (χ3n) is 2.45. The lowest BCUT2D eigenvalue weighted by atomic mass is 10.1. The number of hydrogen-bond acceptors (Lipinski definition) is 3. The molecule has 1 aliphatic rings. The highest BCUT2D eigenvalue weighted by atomic mass is 32.2. The Morgan fingerprint density at radius 2 is 2.15 bits per heavy atom. The molecular formula is C10H21NOS. The Morgan fingerprint density at radius 1 is 1.31 bits per heavy atom. The lowest BCUT2D eigenvalue weighted by Gasteiger charge is -2.08. The fourth-order valence-corrected chi connectivity index (χ4v) is 2.61. The van der Waals surface area contributed by atoms with Gasteiger partial charge in [0.1, 0.15) is 0 Å². The molecule has 13 heavy (non-hydrogen) atoms. The molecule has 0 aromatic heterocycles. The third kappa shape index (κ3) is 5.55. The van der Waals surface area contributed by atoms with E-state index in [0.29, 0.717) is 6.61 Å². The Hall–Kier alpha value is 0.270. The van der Waals surface area contributed by atoms with E-state index in [2.05, 4.69) is 5.32 Å². The van der Waals surface area contributed by atoms with E-state index in [1.807, 2.05) is 11.8 Å². The highest BCUT2D eigenvalue weighted by molar-refractivity contribution is 7.99. The molecule has 1 fully saturated rings. The van der Waals surface area contributed by atoms with Crippen molar-refractivity contribution < 1.29 is 5.11 Å². The van der Waals surface area contributed by atoms with E-state index in [9.17, 15) is 0 Å². The van der Waals surface area contributed by atoms with E-state index in [4.69, 9.17) is 5.11 Å². The van der Waals surface area contributed by atoms with Crippen molar-refractivity contribution in [2.45, 2.75) is 38.1 Å². The highest BCUT2D eigenvalue weighted by Crippen LogP contribution is 2.13. The van der Waals surface area contributed by atoms with Gasteiger partial charge in [-0.2, -0.15) is 11.8 Å². The maximum absolute atomic E-state index is 8.57. The fraction of sp³-hybridized carbons (Fsp3) is 1.00. The molecule has 1 heterocycles. The Labute approximate surface area is 85.5 Å². The van der Waals surface area contributed by atoms with Gasteiger partial charge in [-0.15, -0.1) is 0 Å². The summed E-state index contributed by atoms with van der Waals surface area (Å²) in [5.41, 5.74) is 0. The van der Waals surface area contributed by atoms with E-state index in [-0.39, 0.29) is 0 Å². The summed E-state index contributed by atoms with van der Waals surface area (Å²) >= 11 is 1.97. The van der Waals surface area contributed by atoms with Crippen molar-refractivity contribution in [3.05, 3.63) is 0 Å². The number of rotatable bonds is 7. The van der Waals surface area contributed by atoms with Gasteiger partial charge >= 0.3 is 0 Å². The van der Waals surface area contributed by atoms with Crippen LogP contribution in [-0.2, 0) is 0 Å². The van der Waals surface area contributed by atoms with Crippen molar-refractivity contribution >= 4 is 11.8 Å². The van der Waals surface area contributed by atoms with Crippen LogP contribution < -0.4 is 5.32 Å². The summed E-state index contributed by atoms with van der Waals surface area (Å²) in [6, 6.07) is 0.804. The van der Waals surface area contributed by atoms with E-state index < -0.39 is 0 Å². The largest absolute Gasteiger partial charge is 0.396 e. The third-order valence-corrected chi connectivity index (χ3v) is 3.61. The summed E-state index contributed by atoms with van der Waals surface area (Å²) in [5, 5.41) is 12.1. The second-order valence-corrected chi connectivity index (χ2v) is 4.85. The maximum atomic E-state index is 8.57. The summed E-state index contributed by atoms with van der Waals surface area (Å²) in [7, 11) is 0. The minimum Gasteiger partial charge on any atom is -0.396 e. The summed E-state index contributed by atoms with van der Waals surface area (Å²) in [4.78, 5) is 0. The van der Waals surface area contributed by atoms with Gasteiger partial charge in [0, 0.05) is 12.6 Å². The predicted molar refractivity (Wildman–Crippen MR) is 59.3 cm³/mol. The molecule has 0 radical (unpaired) electrons. The second-order valence-electron chi connectivity index (χ2n) is 3.63. The van der Waals surface area contributed by atoms with Crippen molar-refractivity contribution in [1.29, 1.82) is 0 Å². The molecule has 2 nitrogen and oxygen atoms in total. The van der Waals surface area contributed by atoms with E-state index in [0.717, 1.165) is 18.2 Å². The molecule has 1 unspecified atom stereocenters. The zero-order chi connectivity index (χ0) is 9.36. The average Bonchev–Trinajstić information content (AvgIpc) is 2.63. The van der Waals surface area contributed by atoms with E-state index >= 15 is 0 Å². The Morgan fingerprint density at radius 3 is 2.85 bits per heavy atom. The van der Waals surface area contributed by atoms with Crippen molar-refractivity contribution in [3.63, 3.8) is 0 Å². The zero-order valence-electron chi connectivity index (χ0n) is 8.30. The van der Waals surface area contributed by atoms with Crippen LogP contribution in [0.2, 0.25) is 0 Å². The molecule has 3 heteroatoms. The molecule has 1 saturated heterocycles. The maximum Gasteiger partial charge on any atom is 0.0438 e. The number of hydrogen-bond donors (Lipinski definition) is 2. The van der Waals surface area contributed by atoms with Gasteiger partial charge in [0.05, 0.1) is 0 Å². The number of nitrogens with one attached hydrogen (secondary N) is 1. The van der Waals surface area contributed by atoms with Crippen molar-refractivity contribution in [2.75, 3.05) is 24.7 Å². The van der Waals surface area contributed by atoms with Crippen LogP contribution in [0.25, 0.3) is 0 Å². The molecule has 1 aliphatic heterocycles. The summed E-state index contributed by atoms with van der Waals surface area (Å²) in [5.74, 6) is 2.38. The van der Waals surface area contributed by atoms with Crippen LogP contribution in [0.1, 0.15) is 32.1 Å². The van der Waals surface area contributed by atoms with Gasteiger partial charge in [-0.05, 0) is 50.2 Å². The minimum absolute atomic E-state index is 0.344. The number of thioether (sulfide) groups is 1. The Balaban J connectivity index is 1.78. The van der Waals surface area contributed by atoms with E-state index in [1.165, 1.54) is 38.0 Å². The molecular weight excluding hydrogens is 182 g/mol. The predicted octanol–water partition coefficient (Wildman–Crippen LogP) is 1.63. The molecule has 0 saturated carbocycles. The van der Waals surface area contributed by atoms with Gasteiger partial charge in [-0.3, -0.25) is 0 Å². The molecule has 1 atom stereocenters. The lowest BCUT2D eigenvalue weighted by molar-refractivity contribution is 0.296. The monoisotopic (exact) mass is 203 g/mol. The number of aliphatic hydroxyl groups excluding tert-OH is 1. The molecule has 0 bridgehead atoms. The number of aliphatic hydroxyl groups is 1. The first kappa shape index (κ1) is 11.3. The Kier molecular flexibility index (Phi) is 6.68. The zero-order valence-corrected chi connectivity index (χ0v) is 9.11. The van der Waals surface area contributed by atoms with Crippen LogP contribution in [0.3, 0.4) is 0 Å². The van der Waals surface area contributed by atoms with Crippen molar-refractivity contribution in [2.24, 2.45) is 0 Å². The molecule has 0 spiro atoms. The van der Waals surface area contributed by atoms with Crippen LogP contribution in [0, 0.1) is 0 Å². The summed E-state index contributed by atoms with van der Waals surface area (Å²) in [6.45, 7) is 1.57. The molecule has 0 aromatic rings. The van der Waals surface area contributed by atoms with Crippen LogP contribution in [0.4, 0.5) is 0 Å². The fourth-order valence-electron chi connectivity index (χ4n) is 1.70. The molecule has 0 amide bonds. The van der Waals surface area contributed by atoms with Crippen LogP contribution in [0.5, 0.6) is 0 Å². The Bertz CT molecular complexity index is 115. The first-order chi connectivity index (χ1) is 6.43. The van der Waals surface area contributed by atoms with Crippen LogP contribution in [-0.4, -0.2) is 35.8 Å². The molecule has 0 aliphatic carbocycles. The van der Waals surface area contributed by atoms with Gasteiger partial charge < -0.3 is 10.4 Å². The normalized spacial score (nSPS) is 22.4. The summed E-state index contributed by atoms with van der Waals surface area (Å²) < 4.78 is 0. The van der Waals surface area contributed by atoms with Gasteiger partial charge in [-0.1, -0.05) is 0 Å². The quantitative estimate of drug-likeness (QED) is 0.617. The minimum atomic E-state index is 0.344. The first-order valence-corrected chi connectivity index (χ1v) is 6.51. The SMILES string of the molecule is OCCCSCCCC1CCCN1. The standard InChI is InChI=1S/C10H21NOS/c12-7-3-9-13-8-2-5-10-4-1-6-11-10/h10-12H,1-9H2. The van der Waals surface area contributed by atoms with Gasteiger partial charge in [-0.25, -0.2) is 0 Å².